The van der Waals surface area contributed by atoms with Crippen LogP contribution in [0.1, 0.15) is 12.0 Å². The Balaban J connectivity index is 1.48. The van der Waals surface area contributed by atoms with Crippen LogP contribution in [0.2, 0.25) is 5.02 Å². The van der Waals surface area contributed by atoms with E-state index in [1.54, 1.807) is 0 Å². The summed E-state index contributed by atoms with van der Waals surface area (Å²) in [5.41, 5.74) is 2.31. The Kier molecular flexibility index (Phi) is 5.85. The quantitative estimate of drug-likeness (QED) is 0.772. The van der Waals surface area contributed by atoms with Crippen LogP contribution in [0, 0.1) is 6.92 Å². The molecule has 1 amide bonds. The number of carbonyl (C=O) groups excluding carboxylic acids is 1. The summed E-state index contributed by atoms with van der Waals surface area (Å²) in [6, 6.07) is 5.88. The third-order valence-electron chi connectivity index (χ3n) is 4.78. The Hall–Kier alpha value is -0.920. The molecule has 2 heterocycles. The van der Waals surface area contributed by atoms with Gasteiger partial charge < -0.3 is 9.80 Å². The van der Waals surface area contributed by atoms with Gasteiger partial charge in [-0.15, -0.1) is 11.8 Å². The fourth-order valence-electron chi connectivity index (χ4n) is 3.29. The molecule has 2 fully saturated rings. The van der Waals surface area contributed by atoms with E-state index in [0.717, 1.165) is 23.8 Å². The van der Waals surface area contributed by atoms with E-state index in [-0.39, 0.29) is 22.7 Å². The number of thioether (sulfide) groups is 1. The lowest BCUT2D eigenvalue weighted by Crippen LogP contribution is -2.49. The maximum absolute atomic E-state index is 12.4. The summed E-state index contributed by atoms with van der Waals surface area (Å²) in [7, 11) is -2.88. The number of nitrogens with zero attached hydrogens (tertiary/aromatic N) is 2. The number of carbonyl (C=O) groups is 1. The van der Waals surface area contributed by atoms with Gasteiger partial charge in [0.15, 0.2) is 9.84 Å². The second-order valence-corrected chi connectivity index (χ2v) is 10.6. The van der Waals surface area contributed by atoms with Gasteiger partial charge in [-0.05, 0) is 31.0 Å². The maximum atomic E-state index is 12.4. The Morgan fingerprint density at radius 2 is 2.00 bits per heavy atom. The zero-order valence-electron chi connectivity index (χ0n) is 14.3. The summed E-state index contributed by atoms with van der Waals surface area (Å²) in [5, 5.41) is 0.798. The maximum Gasteiger partial charge on any atom is 0.232 e. The van der Waals surface area contributed by atoms with Crippen LogP contribution in [0.25, 0.3) is 0 Å². The van der Waals surface area contributed by atoms with Crippen molar-refractivity contribution in [2.45, 2.75) is 18.6 Å². The predicted octanol–water partition coefficient (Wildman–Crippen LogP) is 2.22. The van der Waals surface area contributed by atoms with E-state index < -0.39 is 9.84 Å². The van der Waals surface area contributed by atoms with Gasteiger partial charge in [0.1, 0.15) is 0 Å². The molecule has 0 saturated carbocycles. The number of hydrogen-bond donors (Lipinski definition) is 0. The lowest BCUT2D eigenvalue weighted by Gasteiger charge is -2.37. The third-order valence-corrected chi connectivity index (χ3v) is 8.28. The van der Waals surface area contributed by atoms with Gasteiger partial charge in [0.25, 0.3) is 0 Å². The van der Waals surface area contributed by atoms with Gasteiger partial charge in [-0.1, -0.05) is 17.7 Å². The zero-order valence-corrected chi connectivity index (χ0v) is 16.7. The van der Waals surface area contributed by atoms with Crippen molar-refractivity contribution in [1.29, 1.82) is 0 Å². The average Bonchev–Trinajstić information content (AvgIpc) is 2.94. The molecule has 5 nitrogen and oxygen atoms in total. The van der Waals surface area contributed by atoms with Crippen molar-refractivity contribution in [3.63, 3.8) is 0 Å². The standard InChI is InChI=1S/C17H23ClN2O3S2/c1-13-2-3-14(18)10-16(13)19-5-7-20(8-6-19)17(21)11-24-15-4-9-25(22,23)12-15/h2-3,10,15H,4-9,11-12H2,1H3/t15-/m1/s1. The molecular formula is C17H23ClN2O3S2. The molecule has 0 aromatic heterocycles. The average molecular weight is 403 g/mol. The predicted molar refractivity (Wildman–Crippen MR) is 104 cm³/mol. The van der Waals surface area contributed by atoms with E-state index in [4.69, 9.17) is 11.6 Å². The van der Waals surface area contributed by atoms with Crippen LogP contribution >= 0.6 is 23.4 Å². The SMILES string of the molecule is Cc1ccc(Cl)cc1N1CCN(C(=O)CS[C@@H]2CCS(=O)(=O)C2)CC1. The summed E-state index contributed by atoms with van der Waals surface area (Å²) >= 11 is 7.59. The van der Waals surface area contributed by atoms with Gasteiger partial charge in [0.05, 0.1) is 17.3 Å². The number of aryl methyl sites for hydroxylation is 1. The molecule has 3 rings (SSSR count). The van der Waals surface area contributed by atoms with Gasteiger partial charge in [-0.2, -0.15) is 0 Å². The van der Waals surface area contributed by atoms with E-state index in [1.807, 2.05) is 23.1 Å². The number of piperazine rings is 1. The highest BCUT2D eigenvalue weighted by Crippen LogP contribution is 2.27. The van der Waals surface area contributed by atoms with Crippen molar-refractivity contribution in [3.8, 4) is 0 Å². The minimum Gasteiger partial charge on any atom is -0.368 e. The highest BCUT2D eigenvalue weighted by atomic mass is 35.5. The molecule has 2 aliphatic heterocycles. The first kappa shape index (κ1) is 18.9. The largest absolute Gasteiger partial charge is 0.368 e. The fraction of sp³-hybridized carbons (Fsp3) is 0.588. The van der Waals surface area contributed by atoms with E-state index in [2.05, 4.69) is 11.8 Å². The third kappa shape index (κ3) is 4.83. The van der Waals surface area contributed by atoms with Gasteiger partial charge in [-0.25, -0.2) is 8.42 Å². The fourth-order valence-corrected chi connectivity index (χ4v) is 7.00. The minimum absolute atomic E-state index is 0.0735. The smallest absolute Gasteiger partial charge is 0.232 e. The van der Waals surface area contributed by atoms with Gasteiger partial charge in [-0.3, -0.25) is 4.79 Å². The first-order valence-electron chi connectivity index (χ1n) is 8.45. The van der Waals surface area contributed by atoms with E-state index >= 15 is 0 Å². The van der Waals surface area contributed by atoms with Gasteiger partial charge >= 0.3 is 0 Å². The molecule has 8 heteroatoms. The highest BCUT2D eigenvalue weighted by molar-refractivity contribution is 8.02. The van der Waals surface area contributed by atoms with Crippen molar-refractivity contribution < 1.29 is 13.2 Å². The second-order valence-electron chi connectivity index (χ2n) is 6.63. The van der Waals surface area contributed by atoms with Crippen molar-refractivity contribution in [3.05, 3.63) is 28.8 Å². The number of halogens is 1. The van der Waals surface area contributed by atoms with Crippen molar-refractivity contribution in [2.75, 3.05) is 48.3 Å². The molecule has 0 unspecified atom stereocenters. The summed E-state index contributed by atoms with van der Waals surface area (Å²) in [4.78, 5) is 16.5. The highest BCUT2D eigenvalue weighted by Gasteiger charge is 2.29. The molecular weight excluding hydrogens is 380 g/mol. The molecule has 138 valence electrons. The number of benzene rings is 1. The Morgan fingerprint density at radius 1 is 1.28 bits per heavy atom. The summed E-state index contributed by atoms with van der Waals surface area (Å²) in [5.74, 6) is 0.955. The van der Waals surface area contributed by atoms with Crippen molar-refractivity contribution in [2.24, 2.45) is 0 Å². The molecule has 0 N–H and O–H groups in total. The zero-order chi connectivity index (χ0) is 18.0. The van der Waals surface area contributed by atoms with Crippen LogP contribution in [-0.2, 0) is 14.6 Å². The molecule has 2 aliphatic rings. The van der Waals surface area contributed by atoms with E-state index in [9.17, 15) is 13.2 Å². The topological polar surface area (TPSA) is 57.7 Å². The normalized spacial score (nSPS) is 23.0. The number of hydrogen-bond acceptors (Lipinski definition) is 5. The van der Waals surface area contributed by atoms with E-state index in [1.165, 1.54) is 17.3 Å². The second kappa shape index (κ2) is 7.76. The monoisotopic (exact) mass is 402 g/mol. The first-order chi connectivity index (χ1) is 11.8. The lowest BCUT2D eigenvalue weighted by atomic mass is 10.1. The minimum atomic E-state index is -2.88. The van der Waals surface area contributed by atoms with Crippen LogP contribution in [0.5, 0.6) is 0 Å². The van der Waals surface area contributed by atoms with Crippen LogP contribution < -0.4 is 4.90 Å². The molecule has 0 spiro atoms. The number of amides is 1. The van der Waals surface area contributed by atoms with Gasteiger partial charge in [0, 0.05) is 42.1 Å². The van der Waals surface area contributed by atoms with Crippen LogP contribution in [-0.4, -0.2) is 67.9 Å². The Labute approximate surface area is 158 Å². The number of anilines is 1. The molecule has 1 aromatic rings. The van der Waals surface area contributed by atoms with Gasteiger partial charge in [0.2, 0.25) is 5.91 Å². The molecule has 25 heavy (non-hydrogen) atoms. The molecule has 1 atom stereocenters. The lowest BCUT2D eigenvalue weighted by molar-refractivity contribution is -0.128. The molecule has 0 radical (unpaired) electrons. The van der Waals surface area contributed by atoms with E-state index in [0.29, 0.717) is 25.3 Å². The summed E-state index contributed by atoms with van der Waals surface area (Å²) in [6.07, 6.45) is 0.669. The summed E-state index contributed by atoms with van der Waals surface area (Å²) in [6.45, 7) is 5.02. The van der Waals surface area contributed by atoms with Crippen LogP contribution in [0.3, 0.4) is 0 Å². The van der Waals surface area contributed by atoms with Crippen molar-refractivity contribution >= 4 is 44.8 Å². The Bertz CT molecular complexity index is 746. The molecule has 2 saturated heterocycles. The Morgan fingerprint density at radius 3 is 2.64 bits per heavy atom. The van der Waals surface area contributed by atoms with Crippen LogP contribution in [0.15, 0.2) is 18.2 Å². The molecule has 1 aromatic carbocycles. The van der Waals surface area contributed by atoms with Crippen molar-refractivity contribution in [1.82, 2.24) is 4.90 Å². The number of sulfone groups is 1. The van der Waals surface area contributed by atoms with Crippen LogP contribution in [0.4, 0.5) is 5.69 Å². The summed E-state index contributed by atoms with van der Waals surface area (Å²) < 4.78 is 23.0. The molecule has 0 bridgehead atoms. The first-order valence-corrected chi connectivity index (χ1v) is 11.7. The molecule has 0 aliphatic carbocycles. The number of rotatable bonds is 4.